The minimum Gasteiger partial charge on any atom is -0.374 e. The minimum absolute atomic E-state index is 0.127. The van der Waals surface area contributed by atoms with Crippen molar-refractivity contribution in [3.8, 4) is 0 Å². The van der Waals surface area contributed by atoms with Crippen LogP contribution in [-0.4, -0.2) is 51.9 Å². The summed E-state index contributed by atoms with van der Waals surface area (Å²) in [5, 5.41) is 0. The standard InChI is InChI=1S/C13H17N.C13H19N.C13H17N.C10H13N.4C2H6/c1-10-8-11-4-2-6-14-7-3-5-12(9-10)13(11)14;2*1-10-5-6-12-11(9-10)7-8-13(2,3)14(12)4;1-8-3-4-10-9(7-8)5-6-11(10)2;4*1-2/h8-9H,2-7H2,1H3;5-6,9H,7-8H2,1-4H3;5-9H,1-4H3;3-4,7H,5-6H2,1-2H3;4*1-2H3. The van der Waals surface area contributed by atoms with Gasteiger partial charge in [0, 0.05) is 69.1 Å². The number of hydrogen-bond donors (Lipinski definition) is 0. The first-order chi connectivity index (χ1) is 29.1. The van der Waals surface area contributed by atoms with E-state index in [2.05, 4.69) is 175 Å². The summed E-state index contributed by atoms with van der Waals surface area (Å²) in [6.07, 6.45) is 13.4. The molecule has 0 atom stereocenters. The van der Waals surface area contributed by atoms with Crippen molar-refractivity contribution in [2.75, 3.05) is 60.4 Å². The lowest BCUT2D eigenvalue weighted by Gasteiger charge is -2.42. The van der Waals surface area contributed by atoms with Crippen LogP contribution in [0.15, 0.2) is 72.8 Å². The van der Waals surface area contributed by atoms with E-state index in [1.54, 1.807) is 16.8 Å². The van der Waals surface area contributed by atoms with Crippen LogP contribution < -0.4 is 19.6 Å². The molecular formula is C57H90N4. The van der Waals surface area contributed by atoms with Gasteiger partial charge in [0.25, 0.3) is 0 Å². The topological polar surface area (TPSA) is 13.0 Å². The van der Waals surface area contributed by atoms with Crippen molar-refractivity contribution in [3.05, 3.63) is 123 Å². The summed E-state index contributed by atoms with van der Waals surface area (Å²) >= 11 is 0. The third-order valence-electron chi connectivity index (χ3n) is 12.4. The van der Waals surface area contributed by atoms with E-state index in [9.17, 15) is 0 Å². The SMILES string of the molecule is CC.CC.CC.CC.Cc1cc2c3c(c1)CCCN3CCC2.Cc1ccc2c(c1)C=CC(C)(C)N2C.Cc1ccc2c(c1)CCC(C)(C)N2C.Cc1ccc2c(c1)CCN2C. The summed E-state index contributed by atoms with van der Waals surface area (Å²) in [6, 6.07) is 24.9. The quantitative estimate of drug-likeness (QED) is 0.175. The zero-order valence-corrected chi connectivity index (χ0v) is 42.9. The fourth-order valence-electron chi connectivity index (χ4n) is 8.68. The van der Waals surface area contributed by atoms with Crippen LogP contribution in [0.4, 0.5) is 22.7 Å². The molecule has 0 saturated carbocycles. The van der Waals surface area contributed by atoms with Gasteiger partial charge in [0.1, 0.15) is 0 Å². The first-order valence-electron chi connectivity index (χ1n) is 24.2. The van der Waals surface area contributed by atoms with E-state index >= 15 is 0 Å². The number of aryl methyl sites for hydroxylation is 7. The molecule has 338 valence electrons. The highest BCUT2D eigenvalue weighted by molar-refractivity contribution is 5.74. The van der Waals surface area contributed by atoms with Crippen LogP contribution in [0.3, 0.4) is 0 Å². The first-order valence-corrected chi connectivity index (χ1v) is 24.2. The number of fused-ring (bicyclic) bond motifs is 3. The van der Waals surface area contributed by atoms with Gasteiger partial charge in [-0.3, -0.25) is 0 Å². The van der Waals surface area contributed by atoms with Gasteiger partial charge in [-0.25, -0.2) is 0 Å². The van der Waals surface area contributed by atoms with E-state index in [-0.39, 0.29) is 5.54 Å². The molecule has 0 bridgehead atoms. The monoisotopic (exact) mass is 831 g/mol. The Balaban J connectivity index is 0.000000266. The van der Waals surface area contributed by atoms with Gasteiger partial charge in [-0.05, 0) is 152 Å². The van der Waals surface area contributed by atoms with Crippen molar-refractivity contribution in [2.24, 2.45) is 0 Å². The molecule has 0 aromatic heterocycles. The molecule has 5 aliphatic rings. The van der Waals surface area contributed by atoms with E-state index in [4.69, 9.17) is 0 Å². The number of benzene rings is 4. The van der Waals surface area contributed by atoms with Gasteiger partial charge >= 0.3 is 0 Å². The summed E-state index contributed by atoms with van der Waals surface area (Å²) in [4.78, 5) is 9.64. The van der Waals surface area contributed by atoms with Gasteiger partial charge in [-0.2, -0.15) is 0 Å². The van der Waals surface area contributed by atoms with Gasteiger partial charge in [-0.15, -0.1) is 0 Å². The summed E-state index contributed by atoms with van der Waals surface area (Å²) in [5.74, 6) is 0. The van der Waals surface area contributed by atoms with Crippen LogP contribution in [0.2, 0.25) is 0 Å². The summed E-state index contributed by atoms with van der Waals surface area (Å²) in [7, 11) is 6.51. The highest BCUT2D eigenvalue weighted by atomic mass is 15.2. The molecule has 5 heterocycles. The Kier molecular flexibility index (Phi) is 21.8. The molecule has 0 spiro atoms. The molecule has 0 saturated heterocycles. The lowest BCUT2D eigenvalue weighted by molar-refractivity contribution is 0.431. The first kappa shape index (κ1) is 53.0. The van der Waals surface area contributed by atoms with Crippen LogP contribution in [0.5, 0.6) is 0 Å². The van der Waals surface area contributed by atoms with Crippen molar-refractivity contribution in [1.82, 2.24) is 0 Å². The van der Waals surface area contributed by atoms with Crippen LogP contribution >= 0.6 is 0 Å². The summed E-state index contributed by atoms with van der Waals surface area (Å²) in [6.45, 7) is 37.5. The fraction of sp³-hybridized carbons (Fsp3) is 0.544. The van der Waals surface area contributed by atoms with E-state index in [1.165, 1.54) is 121 Å². The third kappa shape index (κ3) is 13.9. The molecule has 0 unspecified atom stereocenters. The van der Waals surface area contributed by atoms with Gasteiger partial charge in [-0.1, -0.05) is 132 Å². The van der Waals surface area contributed by atoms with Crippen LogP contribution in [0.1, 0.15) is 152 Å². The largest absolute Gasteiger partial charge is 0.374 e. The van der Waals surface area contributed by atoms with Crippen molar-refractivity contribution in [3.63, 3.8) is 0 Å². The van der Waals surface area contributed by atoms with E-state index in [0.29, 0.717) is 5.54 Å². The Morgan fingerprint density at radius 3 is 1.46 bits per heavy atom. The molecule has 0 radical (unpaired) electrons. The molecular weight excluding hydrogens is 741 g/mol. The highest BCUT2D eigenvalue weighted by Crippen LogP contribution is 2.37. The molecule has 61 heavy (non-hydrogen) atoms. The maximum Gasteiger partial charge on any atom is 0.0528 e. The van der Waals surface area contributed by atoms with Crippen molar-refractivity contribution < 1.29 is 0 Å². The molecule has 4 heteroatoms. The molecule has 0 aliphatic carbocycles. The average Bonchev–Trinajstić information content (AvgIpc) is 3.63. The van der Waals surface area contributed by atoms with E-state index in [1.807, 2.05) is 55.4 Å². The molecule has 0 fully saturated rings. The Morgan fingerprint density at radius 2 is 0.918 bits per heavy atom. The minimum atomic E-state index is 0.127. The number of anilines is 4. The molecule has 4 aromatic carbocycles. The van der Waals surface area contributed by atoms with Gasteiger partial charge < -0.3 is 19.6 Å². The second kappa shape index (κ2) is 25.1. The predicted molar refractivity (Wildman–Crippen MR) is 278 cm³/mol. The fourth-order valence-corrected chi connectivity index (χ4v) is 8.68. The van der Waals surface area contributed by atoms with Crippen molar-refractivity contribution >= 4 is 28.8 Å². The Morgan fingerprint density at radius 1 is 0.459 bits per heavy atom. The van der Waals surface area contributed by atoms with Crippen LogP contribution in [-0.2, 0) is 25.7 Å². The molecule has 9 rings (SSSR count). The Labute approximate surface area is 377 Å². The Hall–Kier alpha value is -4.18. The molecule has 4 aromatic rings. The molecule has 5 aliphatic heterocycles. The molecule has 0 N–H and O–H groups in total. The number of hydrogen-bond acceptors (Lipinski definition) is 4. The van der Waals surface area contributed by atoms with Crippen LogP contribution in [0.25, 0.3) is 6.08 Å². The zero-order chi connectivity index (χ0) is 46.1. The normalized spacial score (nSPS) is 16.2. The lowest BCUT2D eigenvalue weighted by Crippen LogP contribution is -2.44. The van der Waals surface area contributed by atoms with Gasteiger partial charge in [0.2, 0.25) is 0 Å². The Bertz CT molecular complexity index is 1920. The van der Waals surface area contributed by atoms with Crippen LogP contribution in [0, 0.1) is 27.7 Å². The lowest BCUT2D eigenvalue weighted by atomic mass is 9.87. The van der Waals surface area contributed by atoms with Gasteiger partial charge in [0.05, 0.1) is 5.54 Å². The number of likely N-dealkylation sites (N-methyl/N-ethyl adjacent to an activating group) is 2. The van der Waals surface area contributed by atoms with E-state index in [0.717, 1.165) is 0 Å². The smallest absolute Gasteiger partial charge is 0.0528 e. The highest BCUT2D eigenvalue weighted by Gasteiger charge is 2.30. The average molecular weight is 831 g/mol. The number of nitrogens with zero attached hydrogens (tertiary/aromatic N) is 4. The van der Waals surface area contributed by atoms with E-state index < -0.39 is 0 Å². The summed E-state index contributed by atoms with van der Waals surface area (Å²) in [5.41, 5.74) is 19.2. The summed E-state index contributed by atoms with van der Waals surface area (Å²) < 4.78 is 0. The maximum absolute atomic E-state index is 2.59. The third-order valence-corrected chi connectivity index (χ3v) is 12.4. The zero-order valence-electron chi connectivity index (χ0n) is 42.9. The molecule has 4 nitrogen and oxygen atoms in total. The number of rotatable bonds is 0. The second-order valence-corrected chi connectivity index (χ2v) is 17.5. The predicted octanol–water partition coefficient (Wildman–Crippen LogP) is 15.2. The second-order valence-electron chi connectivity index (χ2n) is 17.5. The van der Waals surface area contributed by atoms with Crippen molar-refractivity contribution in [2.45, 2.75) is 167 Å². The van der Waals surface area contributed by atoms with Crippen molar-refractivity contribution in [1.29, 1.82) is 0 Å². The molecule has 0 amide bonds. The maximum atomic E-state index is 2.59. The van der Waals surface area contributed by atoms with Gasteiger partial charge in [0.15, 0.2) is 0 Å².